The number of likely N-dealkylation sites (N-methyl/N-ethyl adjacent to an activating group) is 1. The molecule has 1 aliphatic carbocycles. The van der Waals surface area contributed by atoms with E-state index in [1.807, 2.05) is 7.05 Å². The second-order valence-electron chi connectivity index (χ2n) is 4.37. The lowest BCUT2D eigenvalue weighted by Crippen LogP contribution is -2.47. The summed E-state index contributed by atoms with van der Waals surface area (Å²) in [6.45, 7) is 1.32. The van der Waals surface area contributed by atoms with Crippen LogP contribution in [0.15, 0.2) is 0 Å². The lowest BCUT2D eigenvalue weighted by atomic mass is 9.84. The number of nitrogens with one attached hydrogen (secondary N) is 1. The monoisotopic (exact) mass is 198 g/mol. The second-order valence-corrected chi connectivity index (χ2v) is 4.37. The topological polar surface area (TPSA) is 52.6 Å². The van der Waals surface area contributed by atoms with Crippen LogP contribution in [0, 0.1) is 5.92 Å². The van der Waals surface area contributed by atoms with Gasteiger partial charge in [0.15, 0.2) is 0 Å². The lowest BCUT2D eigenvalue weighted by Gasteiger charge is -2.33. The van der Waals surface area contributed by atoms with Gasteiger partial charge in [-0.3, -0.25) is 4.79 Å². The fraction of sp³-hybridized carbons (Fsp3) is 0.900. The molecule has 0 aromatic carbocycles. The number of hydrogen-bond donors (Lipinski definition) is 2. The van der Waals surface area contributed by atoms with Gasteiger partial charge >= 0.3 is 0 Å². The third-order valence-corrected chi connectivity index (χ3v) is 3.45. The normalized spacial score (nSPS) is 32.7. The fourth-order valence-corrected chi connectivity index (χ4v) is 2.15. The Morgan fingerprint density at radius 1 is 1.43 bits per heavy atom. The molecule has 0 aromatic rings. The number of aliphatic hydroxyl groups excluding tert-OH is 1. The van der Waals surface area contributed by atoms with Gasteiger partial charge in [-0.1, -0.05) is 6.42 Å². The molecule has 2 fully saturated rings. The van der Waals surface area contributed by atoms with Crippen LogP contribution in [-0.2, 0) is 4.79 Å². The van der Waals surface area contributed by atoms with Gasteiger partial charge < -0.3 is 15.3 Å². The molecule has 1 heterocycles. The van der Waals surface area contributed by atoms with Gasteiger partial charge in [0.2, 0.25) is 5.91 Å². The minimum Gasteiger partial charge on any atom is -0.390 e. The summed E-state index contributed by atoms with van der Waals surface area (Å²) in [6, 6.07) is -0.0249. The average Bonchev–Trinajstić information content (AvgIpc) is 2.47. The maximum absolute atomic E-state index is 11.8. The van der Waals surface area contributed by atoms with Crippen LogP contribution in [0.5, 0.6) is 0 Å². The summed E-state index contributed by atoms with van der Waals surface area (Å²) < 4.78 is 0. The molecule has 2 unspecified atom stereocenters. The first-order valence-electron chi connectivity index (χ1n) is 5.35. The molecule has 2 N–H and O–H groups in total. The minimum absolute atomic E-state index is 0.0249. The van der Waals surface area contributed by atoms with Crippen molar-refractivity contribution >= 4 is 5.91 Å². The van der Waals surface area contributed by atoms with Gasteiger partial charge in [-0.05, 0) is 12.8 Å². The van der Waals surface area contributed by atoms with Crippen molar-refractivity contribution in [3.8, 4) is 0 Å². The molecule has 1 saturated heterocycles. The molecule has 0 bridgehead atoms. The third kappa shape index (κ3) is 1.64. The van der Waals surface area contributed by atoms with Gasteiger partial charge in [0.05, 0.1) is 12.1 Å². The summed E-state index contributed by atoms with van der Waals surface area (Å²) in [5, 5.41) is 12.7. The van der Waals surface area contributed by atoms with E-state index in [1.165, 1.54) is 6.42 Å². The molecule has 1 amide bonds. The molecule has 0 spiro atoms. The predicted molar refractivity (Wildman–Crippen MR) is 52.8 cm³/mol. The van der Waals surface area contributed by atoms with Crippen LogP contribution in [-0.4, -0.2) is 48.2 Å². The van der Waals surface area contributed by atoms with Crippen molar-refractivity contribution in [1.29, 1.82) is 0 Å². The Kier molecular flexibility index (Phi) is 2.74. The van der Waals surface area contributed by atoms with Crippen LogP contribution in [0.4, 0.5) is 0 Å². The molecule has 2 rings (SSSR count). The molecular formula is C10H18N2O2. The molecule has 4 heteroatoms. The van der Waals surface area contributed by atoms with Gasteiger partial charge in [0, 0.05) is 26.1 Å². The molecule has 0 aromatic heterocycles. The quantitative estimate of drug-likeness (QED) is 0.633. The van der Waals surface area contributed by atoms with Crippen molar-refractivity contribution in [2.24, 2.45) is 5.92 Å². The van der Waals surface area contributed by atoms with Crippen molar-refractivity contribution in [3.63, 3.8) is 0 Å². The van der Waals surface area contributed by atoms with E-state index in [2.05, 4.69) is 5.32 Å². The van der Waals surface area contributed by atoms with Gasteiger partial charge in [-0.2, -0.15) is 0 Å². The third-order valence-electron chi connectivity index (χ3n) is 3.45. The van der Waals surface area contributed by atoms with Gasteiger partial charge in [0.25, 0.3) is 0 Å². The van der Waals surface area contributed by atoms with Crippen molar-refractivity contribution in [3.05, 3.63) is 0 Å². The number of nitrogens with zero attached hydrogens (tertiary/aromatic N) is 1. The van der Waals surface area contributed by atoms with Crippen molar-refractivity contribution < 1.29 is 9.90 Å². The van der Waals surface area contributed by atoms with Gasteiger partial charge in [-0.15, -0.1) is 0 Å². The molecule has 0 radical (unpaired) electrons. The smallest absolute Gasteiger partial charge is 0.225 e. The van der Waals surface area contributed by atoms with E-state index in [9.17, 15) is 9.90 Å². The van der Waals surface area contributed by atoms with Crippen LogP contribution in [0.1, 0.15) is 19.3 Å². The van der Waals surface area contributed by atoms with E-state index in [-0.39, 0.29) is 17.9 Å². The Balaban J connectivity index is 1.92. The number of rotatable bonds is 2. The maximum atomic E-state index is 11.8. The van der Waals surface area contributed by atoms with Crippen molar-refractivity contribution in [2.45, 2.75) is 31.4 Å². The first kappa shape index (κ1) is 9.93. The number of hydrogen-bond acceptors (Lipinski definition) is 3. The highest BCUT2D eigenvalue weighted by Gasteiger charge is 2.35. The molecule has 14 heavy (non-hydrogen) atoms. The zero-order valence-electron chi connectivity index (χ0n) is 8.57. The zero-order chi connectivity index (χ0) is 10.1. The summed E-state index contributed by atoms with van der Waals surface area (Å²) in [4.78, 5) is 13.6. The zero-order valence-corrected chi connectivity index (χ0v) is 8.57. The SMILES string of the molecule is CN(C(=O)C1CCC1)C1CNCC1O. The molecule has 4 nitrogen and oxygen atoms in total. The Labute approximate surface area is 84.3 Å². The van der Waals surface area contributed by atoms with Crippen molar-refractivity contribution in [2.75, 3.05) is 20.1 Å². The van der Waals surface area contributed by atoms with E-state index < -0.39 is 6.10 Å². The molecule has 2 atom stereocenters. The summed E-state index contributed by atoms with van der Waals surface area (Å²) in [7, 11) is 1.81. The van der Waals surface area contributed by atoms with Crippen LogP contribution >= 0.6 is 0 Å². The number of amides is 1. The highest BCUT2D eigenvalue weighted by atomic mass is 16.3. The van der Waals surface area contributed by atoms with Gasteiger partial charge in [0.1, 0.15) is 0 Å². The molecule has 1 saturated carbocycles. The Bertz CT molecular complexity index is 228. The van der Waals surface area contributed by atoms with Crippen LogP contribution < -0.4 is 5.32 Å². The molecular weight excluding hydrogens is 180 g/mol. The van der Waals surface area contributed by atoms with Gasteiger partial charge in [-0.25, -0.2) is 0 Å². The predicted octanol–water partition coefficient (Wildman–Crippen LogP) is -0.422. The molecule has 80 valence electrons. The second kappa shape index (κ2) is 3.87. The van der Waals surface area contributed by atoms with E-state index in [0.29, 0.717) is 6.54 Å². The largest absolute Gasteiger partial charge is 0.390 e. The summed E-state index contributed by atoms with van der Waals surface area (Å²) in [6.07, 6.45) is 2.83. The van der Waals surface area contributed by atoms with E-state index >= 15 is 0 Å². The number of carbonyl (C=O) groups is 1. The lowest BCUT2D eigenvalue weighted by molar-refractivity contribution is -0.140. The Morgan fingerprint density at radius 3 is 2.57 bits per heavy atom. The molecule has 1 aliphatic heterocycles. The average molecular weight is 198 g/mol. The van der Waals surface area contributed by atoms with E-state index in [1.54, 1.807) is 4.90 Å². The Hall–Kier alpha value is -0.610. The van der Waals surface area contributed by atoms with Crippen molar-refractivity contribution in [1.82, 2.24) is 10.2 Å². The van der Waals surface area contributed by atoms with E-state index in [4.69, 9.17) is 0 Å². The van der Waals surface area contributed by atoms with Crippen LogP contribution in [0.2, 0.25) is 0 Å². The van der Waals surface area contributed by atoms with Crippen LogP contribution in [0.25, 0.3) is 0 Å². The standard InChI is InChI=1S/C10H18N2O2/c1-12(8-5-11-6-9(8)13)10(14)7-3-2-4-7/h7-9,11,13H,2-6H2,1H3. The number of carbonyl (C=O) groups excluding carboxylic acids is 1. The first-order valence-corrected chi connectivity index (χ1v) is 5.35. The van der Waals surface area contributed by atoms with E-state index in [0.717, 1.165) is 19.4 Å². The summed E-state index contributed by atoms with van der Waals surface area (Å²) in [5.41, 5.74) is 0. The summed E-state index contributed by atoms with van der Waals surface area (Å²) in [5.74, 6) is 0.441. The highest BCUT2D eigenvalue weighted by molar-refractivity contribution is 5.79. The maximum Gasteiger partial charge on any atom is 0.225 e. The first-order chi connectivity index (χ1) is 6.70. The van der Waals surface area contributed by atoms with Crippen LogP contribution in [0.3, 0.4) is 0 Å². The Morgan fingerprint density at radius 2 is 2.14 bits per heavy atom. The fourth-order valence-electron chi connectivity index (χ4n) is 2.15. The summed E-state index contributed by atoms with van der Waals surface area (Å²) >= 11 is 0. The molecule has 2 aliphatic rings. The highest BCUT2D eigenvalue weighted by Crippen LogP contribution is 2.28. The number of β-amino-alcohol motifs (C(OH)–C–C–N with tert-alkyl or cyclic N) is 1. The number of aliphatic hydroxyl groups is 1. The minimum atomic E-state index is -0.399.